The molecule has 0 radical (unpaired) electrons. The van der Waals surface area contributed by atoms with Crippen LogP contribution in [-0.2, 0) is 16.1 Å². The Morgan fingerprint density at radius 1 is 1.03 bits per heavy atom. The van der Waals surface area contributed by atoms with E-state index in [0.29, 0.717) is 10.9 Å². The van der Waals surface area contributed by atoms with Crippen LogP contribution in [0.4, 0.5) is 20.2 Å². The van der Waals surface area contributed by atoms with Crippen LogP contribution in [0.15, 0.2) is 46.0 Å². The normalized spacial score (nSPS) is 10.7. The molecule has 0 atom stereocenters. The predicted molar refractivity (Wildman–Crippen MR) is 103 cm³/mol. The number of aryl methyl sites for hydroxylation is 1. The van der Waals surface area contributed by atoms with Gasteiger partial charge in [-0.15, -0.1) is 0 Å². The predicted octanol–water partition coefficient (Wildman–Crippen LogP) is 1.96. The topological polar surface area (TPSA) is 113 Å². The Bertz CT molecular complexity index is 1230. The molecule has 8 nitrogen and oxygen atoms in total. The van der Waals surface area contributed by atoms with Gasteiger partial charge < -0.3 is 10.6 Å². The number of carbonyl (C=O) groups is 2. The van der Waals surface area contributed by atoms with E-state index < -0.39 is 34.7 Å². The molecule has 0 aliphatic rings. The van der Waals surface area contributed by atoms with Crippen molar-refractivity contribution < 1.29 is 18.4 Å². The highest BCUT2D eigenvalue weighted by Crippen LogP contribution is 2.25. The van der Waals surface area contributed by atoms with Crippen molar-refractivity contribution in [2.24, 2.45) is 0 Å². The second-order valence-electron chi connectivity index (χ2n) is 6.22. The number of hydrogen-bond donors (Lipinski definition) is 3. The molecule has 0 aliphatic carbocycles. The fourth-order valence-corrected chi connectivity index (χ4v) is 2.83. The first-order chi connectivity index (χ1) is 13.8. The molecule has 1 aromatic heterocycles. The molecule has 0 fully saturated rings. The fourth-order valence-electron chi connectivity index (χ4n) is 2.83. The van der Waals surface area contributed by atoms with E-state index in [1.807, 2.05) is 0 Å². The molecule has 2 amide bonds. The summed E-state index contributed by atoms with van der Waals surface area (Å²) >= 11 is 0. The minimum Gasteiger partial charge on any atom is -0.324 e. The molecule has 0 saturated carbocycles. The third-order valence-corrected chi connectivity index (χ3v) is 4.11. The summed E-state index contributed by atoms with van der Waals surface area (Å²) in [7, 11) is 0. The second kappa shape index (κ2) is 8.05. The Hall–Kier alpha value is -3.82. The maximum absolute atomic E-state index is 13.5. The van der Waals surface area contributed by atoms with Crippen molar-refractivity contribution in [1.29, 1.82) is 0 Å². The largest absolute Gasteiger partial charge is 0.328 e. The molecule has 0 unspecified atom stereocenters. The van der Waals surface area contributed by atoms with Gasteiger partial charge in [-0.3, -0.25) is 23.9 Å². The molecule has 150 valence electrons. The number of fused-ring (bicyclic) bond motifs is 1. The highest BCUT2D eigenvalue weighted by atomic mass is 19.2. The van der Waals surface area contributed by atoms with Crippen LogP contribution < -0.4 is 21.9 Å². The van der Waals surface area contributed by atoms with E-state index in [4.69, 9.17) is 0 Å². The number of hydrogen-bond acceptors (Lipinski definition) is 4. The number of nitrogens with one attached hydrogen (secondary N) is 3. The Morgan fingerprint density at radius 3 is 2.31 bits per heavy atom. The molecule has 0 saturated heterocycles. The smallest absolute Gasteiger partial charge is 0.324 e. The van der Waals surface area contributed by atoms with Crippen LogP contribution in [0.2, 0.25) is 0 Å². The van der Waals surface area contributed by atoms with Crippen molar-refractivity contribution in [3.63, 3.8) is 0 Å². The van der Waals surface area contributed by atoms with Gasteiger partial charge in [0.25, 0.3) is 5.56 Å². The van der Waals surface area contributed by atoms with Gasteiger partial charge in [0, 0.05) is 32.0 Å². The molecular formula is C19H16F2N4O4. The van der Waals surface area contributed by atoms with Gasteiger partial charge in [0.2, 0.25) is 11.8 Å². The van der Waals surface area contributed by atoms with Crippen molar-refractivity contribution in [3.8, 4) is 0 Å². The third kappa shape index (κ3) is 4.37. The number of rotatable bonds is 5. The van der Waals surface area contributed by atoms with Crippen molar-refractivity contribution in [2.45, 2.75) is 19.9 Å². The van der Waals surface area contributed by atoms with Gasteiger partial charge in [0.1, 0.15) is 0 Å². The van der Waals surface area contributed by atoms with Crippen molar-refractivity contribution in [3.05, 3.63) is 68.9 Å². The number of aromatic amines is 1. The van der Waals surface area contributed by atoms with Crippen LogP contribution in [0.3, 0.4) is 0 Å². The third-order valence-electron chi connectivity index (χ3n) is 4.11. The molecule has 0 spiro atoms. The van der Waals surface area contributed by atoms with Gasteiger partial charge in [-0.25, -0.2) is 13.6 Å². The molecule has 29 heavy (non-hydrogen) atoms. The molecule has 0 aliphatic heterocycles. The van der Waals surface area contributed by atoms with Crippen LogP contribution in [0, 0.1) is 11.6 Å². The summed E-state index contributed by atoms with van der Waals surface area (Å²) in [5, 5.41) is 4.98. The summed E-state index contributed by atoms with van der Waals surface area (Å²) in [6.45, 7) is 1.11. The highest BCUT2D eigenvalue weighted by Gasteiger charge is 2.14. The van der Waals surface area contributed by atoms with Crippen LogP contribution in [0.25, 0.3) is 10.9 Å². The summed E-state index contributed by atoms with van der Waals surface area (Å²) in [6.07, 6.45) is -0.200. The zero-order chi connectivity index (χ0) is 21.1. The Labute approximate surface area is 162 Å². The number of amides is 2. The molecular weight excluding hydrogens is 386 g/mol. The lowest BCUT2D eigenvalue weighted by molar-refractivity contribution is -0.116. The number of nitrogens with zero attached hydrogens (tertiary/aromatic N) is 1. The van der Waals surface area contributed by atoms with E-state index in [9.17, 15) is 28.0 Å². The van der Waals surface area contributed by atoms with E-state index in [0.717, 1.165) is 12.1 Å². The lowest BCUT2D eigenvalue weighted by Crippen LogP contribution is -2.31. The van der Waals surface area contributed by atoms with Crippen molar-refractivity contribution in [1.82, 2.24) is 9.55 Å². The molecule has 10 heteroatoms. The molecule has 3 aromatic rings. The van der Waals surface area contributed by atoms with E-state index >= 15 is 0 Å². The van der Waals surface area contributed by atoms with E-state index in [-0.39, 0.29) is 24.3 Å². The van der Waals surface area contributed by atoms with Crippen LogP contribution in [0.1, 0.15) is 13.3 Å². The average molecular weight is 402 g/mol. The standard InChI is InChI=1S/C19H16F2N4O4/c1-10(26)22-14-8-12(20)13(21)9-15(14)23-17(27)6-7-25-16-5-3-2-4-11(16)18(28)24-19(25)29/h2-5,8-9H,6-7H2,1H3,(H,22,26)(H,23,27)(H,24,28,29). The number of anilines is 2. The number of aromatic nitrogens is 2. The minimum absolute atomic E-state index is 0.0683. The van der Waals surface area contributed by atoms with Crippen molar-refractivity contribution in [2.75, 3.05) is 10.6 Å². The molecule has 3 N–H and O–H groups in total. The first-order valence-electron chi connectivity index (χ1n) is 8.54. The number of carbonyl (C=O) groups excluding carboxylic acids is 2. The lowest BCUT2D eigenvalue weighted by atomic mass is 10.2. The SMILES string of the molecule is CC(=O)Nc1cc(F)c(F)cc1NC(=O)CCn1c(=O)[nH]c(=O)c2ccccc21. The van der Waals surface area contributed by atoms with Gasteiger partial charge in [0.05, 0.1) is 22.3 Å². The summed E-state index contributed by atoms with van der Waals surface area (Å²) in [5.74, 6) is -3.52. The van der Waals surface area contributed by atoms with Gasteiger partial charge in [-0.2, -0.15) is 0 Å². The Balaban J connectivity index is 1.82. The molecule has 1 heterocycles. The van der Waals surface area contributed by atoms with Crippen LogP contribution in [-0.4, -0.2) is 21.4 Å². The molecule has 0 bridgehead atoms. The summed E-state index contributed by atoms with van der Waals surface area (Å²) < 4.78 is 28.2. The van der Waals surface area contributed by atoms with E-state index in [1.54, 1.807) is 24.3 Å². The number of benzene rings is 2. The maximum Gasteiger partial charge on any atom is 0.328 e. The quantitative estimate of drug-likeness (QED) is 0.605. The van der Waals surface area contributed by atoms with Gasteiger partial charge >= 0.3 is 5.69 Å². The zero-order valence-corrected chi connectivity index (χ0v) is 15.2. The van der Waals surface area contributed by atoms with Gasteiger partial charge in [-0.1, -0.05) is 12.1 Å². The van der Waals surface area contributed by atoms with E-state index in [2.05, 4.69) is 15.6 Å². The molecule has 3 rings (SSSR count). The first kappa shape index (κ1) is 19.9. The fraction of sp³-hybridized carbons (Fsp3) is 0.158. The lowest BCUT2D eigenvalue weighted by Gasteiger charge is -2.13. The molecule has 2 aromatic carbocycles. The zero-order valence-electron chi connectivity index (χ0n) is 15.2. The number of para-hydroxylation sites is 1. The maximum atomic E-state index is 13.5. The highest BCUT2D eigenvalue weighted by molar-refractivity contribution is 5.98. The van der Waals surface area contributed by atoms with Crippen molar-refractivity contribution >= 4 is 34.1 Å². The first-order valence-corrected chi connectivity index (χ1v) is 8.54. The van der Waals surface area contributed by atoms with Gasteiger partial charge in [0.15, 0.2) is 11.6 Å². The van der Waals surface area contributed by atoms with Gasteiger partial charge in [-0.05, 0) is 12.1 Å². The number of H-pyrrole nitrogens is 1. The van der Waals surface area contributed by atoms with E-state index in [1.165, 1.54) is 11.5 Å². The minimum atomic E-state index is -1.20. The summed E-state index contributed by atoms with van der Waals surface area (Å²) in [5.41, 5.74) is -1.07. The Kier molecular flexibility index (Phi) is 5.53. The summed E-state index contributed by atoms with van der Waals surface area (Å²) in [6, 6.07) is 7.93. The number of halogens is 2. The Morgan fingerprint density at radius 2 is 1.66 bits per heavy atom. The monoisotopic (exact) mass is 402 g/mol. The second-order valence-corrected chi connectivity index (χ2v) is 6.22. The van der Waals surface area contributed by atoms with Crippen LogP contribution in [0.5, 0.6) is 0 Å². The summed E-state index contributed by atoms with van der Waals surface area (Å²) in [4.78, 5) is 49.7. The average Bonchev–Trinajstić information content (AvgIpc) is 2.65. The van der Waals surface area contributed by atoms with Crippen LogP contribution >= 0.6 is 0 Å².